The summed E-state index contributed by atoms with van der Waals surface area (Å²) in [5.74, 6) is 0.968. The molecule has 0 spiro atoms. The Morgan fingerprint density at radius 2 is 1.44 bits per heavy atom. The minimum Gasteiger partial charge on any atom is -0.348 e. The molecule has 0 saturated carbocycles. The Balaban J connectivity index is 4.01. The van der Waals surface area contributed by atoms with Gasteiger partial charge in [0.2, 0.25) is 5.96 Å². The predicted molar refractivity (Wildman–Crippen MR) is 48.8 cm³/mol. The highest BCUT2D eigenvalue weighted by molar-refractivity contribution is 14.1. The summed E-state index contributed by atoms with van der Waals surface area (Å²) in [6.45, 7) is 0. The van der Waals surface area contributed by atoms with Crippen molar-refractivity contribution in [1.29, 1.82) is 0 Å². The fourth-order valence-corrected chi connectivity index (χ4v) is 1.41. The normalized spacial score (nSPS) is 8.56. The molecule has 0 bridgehead atoms. The highest BCUT2D eigenvalue weighted by Gasteiger charge is 2.00. The van der Waals surface area contributed by atoms with Crippen molar-refractivity contribution in [1.82, 2.24) is 9.80 Å². The lowest BCUT2D eigenvalue weighted by molar-refractivity contribution is 0.487. The van der Waals surface area contributed by atoms with E-state index in [4.69, 9.17) is 0 Å². The molecular formula is C5H12IN3. The van der Waals surface area contributed by atoms with Gasteiger partial charge in [-0.05, 0) is 0 Å². The standard InChI is InChI=1S/C5H12IN3/c1-8(2)5(7-6)9(3)4/h1-4H3. The fraction of sp³-hybridized carbons (Fsp3) is 0.800. The molecule has 0 aliphatic heterocycles. The number of rotatable bonds is 0. The van der Waals surface area contributed by atoms with Gasteiger partial charge >= 0.3 is 0 Å². The molecule has 4 heteroatoms. The summed E-state index contributed by atoms with van der Waals surface area (Å²) in [4.78, 5) is 3.93. The second-order valence-corrected chi connectivity index (χ2v) is 2.66. The summed E-state index contributed by atoms with van der Waals surface area (Å²) in [5.41, 5.74) is 0. The van der Waals surface area contributed by atoms with E-state index in [9.17, 15) is 0 Å². The molecule has 0 heterocycles. The average Bonchev–Trinajstić information content (AvgIpc) is 1.64. The van der Waals surface area contributed by atoms with Crippen LogP contribution in [0.25, 0.3) is 0 Å². The summed E-state index contributed by atoms with van der Waals surface area (Å²) in [6.07, 6.45) is 0. The van der Waals surface area contributed by atoms with E-state index in [2.05, 4.69) is 3.21 Å². The maximum atomic E-state index is 4.03. The number of nitrogens with zero attached hydrogens (tertiary/aromatic N) is 3. The molecule has 0 atom stereocenters. The largest absolute Gasteiger partial charge is 0.348 e. The van der Waals surface area contributed by atoms with Crippen LogP contribution in [0.1, 0.15) is 0 Å². The third-order valence-electron chi connectivity index (χ3n) is 0.876. The lowest BCUT2D eigenvalue weighted by atomic mass is 10.7. The molecule has 0 N–H and O–H groups in total. The Labute approximate surface area is 70.2 Å². The van der Waals surface area contributed by atoms with Crippen LogP contribution in [0, 0.1) is 0 Å². The van der Waals surface area contributed by atoms with Crippen molar-refractivity contribution in [3.63, 3.8) is 0 Å². The summed E-state index contributed by atoms with van der Waals surface area (Å²) >= 11 is 1.98. The zero-order valence-electron chi connectivity index (χ0n) is 6.22. The first-order valence-electron chi connectivity index (χ1n) is 2.63. The van der Waals surface area contributed by atoms with Gasteiger partial charge < -0.3 is 9.80 Å². The van der Waals surface area contributed by atoms with E-state index in [0.29, 0.717) is 0 Å². The molecule has 0 saturated heterocycles. The van der Waals surface area contributed by atoms with Gasteiger partial charge in [0.05, 0.1) is 22.9 Å². The SMILES string of the molecule is CN(C)C(=NI)N(C)C. The molecule has 0 aromatic carbocycles. The molecule has 54 valence electrons. The van der Waals surface area contributed by atoms with Crippen LogP contribution >= 0.6 is 22.9 Å². The molecule has 0 fully saturated rings. The van der Waals surface area contributed by atoms with Crippen LogP contribution in [-0.2, 0) is 0 Å². The van der Waals surface area contributed by atoms with Crippen molar-refractivity contribution < 1.29 is 0 Å². The highest BCUT2D eigenvalue weighted by atomic mass is 127. The maximum Gasteiger partial charge on any atom is 0.205 e. The average molecular weight is 241 g/mol. The lowest BCUT2D eigenvalue weighted by Crippen LogP contribution is -2.34. The first-order chi connectivity index (χ1) is 4.09. The molecule has 0 rings (SSSR count). The van der Waals surface area contributed by atoms with Crippen LogP contribution in [0.3, 0.4) is 0 Å². The van der Waals surface area contributed by atoms with Crippen molar-refractivity contribution in [2.24, 2.45) is 3.21 Å². The molecule has 0 aromatic heterocycles. The summed E-state index contributed by atoms with van der Waals surface area (Å²) in [7, 11) is 7.88. The first kappa shape index (κ1) is 9.00. The van der Waals surface area contributed by atoms with Gasteiger partial charge in [0.15, 0.2) is 0 Å². The molecular weight excluding hydrogens is 229 g/mol. The zero-order valence-corrected chi connectivity index (χ0v) is 8.38. The van der Waals surface area contributed by atoms with Crippen LogP contribution < -0.4 is 0 Å². The Hall–Kier alpha value is -0.0000000000000000555. The van der Waals surface area contributed by atoms with Crippen molar-refractivity contribution in [3.8, 4) is 0 Å². The Morgan fingerprint density at radius 1 is 1.11 bits per heavy atom. The minimum atomic E-state index is 0.968. The molecule has 0 aliphatic rings. The van der Waals surface area contributed by atoms with E-state index in [1.165, 1.54) is 0 Å². The van der Waals surface area contributed by atoms with E-state index < -0.39 is 0 Å². The first-order valence-corrected chi connectivity index (χ1v) is 3.59. The van der Waals surface area contributed by atoms with Crippen molar-refractivity contribution in [2.45, 2.75) is 0 Å². The third-order valence-corrected chi connectivity index (χ3v) is 1.31. The van der Waals surface area contributed by atoms with E-state index >= 15 is 0 Å². The molecule has 3 nitrogen and oxygen atoms in total. The van der Waals surface area contributed by atoms with Gasteiger partial charge in [0, 0.05) is 28.2 Å². The van der Waals surface area contributed by atoms with Gasteiger partial charge in [0.25, 0.3) is 0 Å². The number of guanidine groups is 1. The van der Waals surface area contributed by atoms with Crippen LogP contribution in [-0.4, -0.2) is 44.0 Å². The van der Waals surface area contributed by atoms with Crippen LogP contribution in [0.4, 0.5) is 0 Å². The number of halogens is 1. The van der Waals surface area contributed by atoms with E-state index in [1.807, 2.05) is 60.9 Å². The molecule has 0 aliphatic carbocycles. The Morgan fingerprint density at radius 3 is 1.44 bits per heavy atom. The van der Waals surface area contributed by atoms with Crippen LogP contribution in [0.5, 0.6) is 0 Å². The van der Waals surface area contributed by atoms with Crippen LogP contribution in [0.2, 0.25) is 0 Å². The fourth-order valence-electron chi connectivity index (χ4n) is 0.551. The quantitative estimate of drug-likeness (QED) is 0.355. The topological polar surface area (TPSA) is 18.8 Å². The van der Waals surface area contributed by atoms with Gasteiger partial charge in [0.1, 0.15) is 0 Å². The van der Waals surface area contributed by atoms with Gasteiger partial charge in [-0.1, -0.05) is 0 Å². The zero-order chi connectivity index (χ0) is 7.44. The smallest absolute Gasteiger partial charge is 0.205 e. The lowest BCUT2D eigenvalue weighted by Gasteiger charge is -2.20. The van der Waals surface area contributed by atoms with Gasteiger partial charge in [-0.2, -0.15) is 3.21 Å². The molecule has 0 aromatic rings. The second kappa shape index (κ2) is 3.92. The molecule has 0 amide bonds. The van der Waals surface area contributed by atoms with Crippen molar-refractivity contribution in [3.05, 3.63) is 0 Å². The van der Waals surface area contributed by atoms with Crippen LogP contribution in [0.15, 0.2) is 3.21 Å². The summed E-state index contributed by atoms with van der Waals surface area (Å²) < 4.78 is 4.03. The van der Waals surface area contributed by atoms with Crippen molar-refractivity contribution >= 4 is 28.8 Å². The number of hydrogen-bond acceptors (Lipinski definition) is 1. The summed E-state index contributed by atoms with van der Waals surface area (Å²) in [6, 6.07) is 0. The van der Waals surface area contributed by atoms with Gasteiger partial charge in [-0.15, -0.1) is 0 Å². The maximum absolute atomic E-state index is 4.03. The Kier molecular flexibility index (Phi) is 3.92. The molecule has 0 unspecified atom stereocenters. The van der Waals surface area contributed by atoms with E-state index in [0.717, 1.165) is 5.96 Å². The third kappa shape index (κ3) is 2.88. The van der Waals surface area contributed by atoms with E-state index in [-0.39, 0.29) is 0 Å². The van der Waals surface area contributed by atoms with Gasteiger partial charge in [-0.3, -0.25) is 0 Å². The second-order valence-electron chi connectivity index (χ2n) is 2.17. The molecule has 9 heavy (non-hydrogen) atoms. The van der Waals surface area contributed by atoms with E-state index in [1.54, 1.807) is 0 Å². The monoisotopic (exact) mass is 241 g/mol. The highest BCUT2D eigenvalue weighted by Crippen LogP contribution is 1.92. The Bertz CT molecular complexity index is 98.8. The molecule has 0 radical (unpaired) electrons. The predicted octanol–water partition coefficient (Wildman–Crippen LogP) is 0.816. The minimum absolute atomic E-state index is 0.968. The number of hydrogen-bond donors (Lipinski definition) is 0. The van der Waals surface area contributed by atoms with Gasteiger partial charge in [-0.25, -0.2) is 0 Å². The summed E-state index contributed by atoms with van der Waals surface area (Å²) in [5, 5.41) is 0. The van der Waals surface area contributed by atoms with Crippen molar-refractivity contribution in [2.75, 3.05) is 28.2 Å².